The molecule has 1 atom stereocenters. The van der Waals surface area contributed by atoms with Crippen molar-refractivity contribution >= 4 is 6.01 Å². The molecule has 0 saturated carbocycles. The quantitative estimate of drug-likeness (QED) is 0.709. The van der Waals surface area contributed by atoms with Gasteiger partial charge in [0.15, 0.2) is 0 Å². The van der Waals surface area contributed by atoms with Gasteiger partial charge in [-0.1, -0.05) is 25.9 Å². The van der Waals surface area contributed by atoms with E-state index >= 15 is 0 Å². The molecule has 1 rings (SSSR count). The highest BCUT2D eigenvalue weighted by atomic mass is 16.5. The van der Waals surface area contributed by atoms with Crippen LogP contribution in [0.4, 0.5) is 6.01 Å². The zero-order chi connectivity index (χ0) is 15.0. The third kappa shape index (κ3) is 5.46. The molecule has 0 amide bonds. The standard InChI is InChI=1S/C14H28N4O2/c1-6-12(4)18(7-8-19-5)14-17-16-13(20-14)10-15-9-11(2)3/h11-12,15H,6-10H2,1-5H3. The lowest BCUT2D eigenvalue weighted by Gasteiger charge is -2.25. The molecule has 0 aliphatic rings. The first-order valence-corrected chi connectivity index (χ1v) is 7.37. The summed E-state index contributed by atoms with van der Waals surface area (Å²) >= 11 is 0. The summed E-state index contributed by atoms with van der Waals surface area (Å²) in [5, 5.41) is 11.5. The molecule has 1 unspecified atom stereocenters. The van der Waals surface area contributed by atoms with E-state index in [1.54, 1.807) is 7.11 Å². The molecule has 6 nitrogen and oxygen atoms in total. The van der Waals surface area contributed by atoms with Crippen LogP contribution in [0.2, 0.25) is 0 Å². The molecule has 0 fully saturated rings. The summed E-state index contributed by atoms with van der Waals surface area (Å²) in [5.74, 6) is 1.24. The van der Waals surface area contributed by atoms with Crippen molar-refractivity contribution in [1.29, 1.82) is 0 Å². The van der Waals surface area contributed by atoms with E-state index in [4.69, 9.17) is 9.15 Å². The number of ether oxygens (including phenoxy) is 1. The van der Waals surface area contributed by atoms with Crippen LogP contribution in [0, 0.1) is 5.92 Å². The first kappa shape index (κ1) is 16.9. The molecule has 0 aliphatic carbocycles. The van der Waals surface area contributed by atoms with E-state index in [9.17, 15) is 0 Å². The van der Waals surface area contributed by atoms with Crippen LogP contribution in [-0.4, -0.2) is 43.0 Å². The third-order valence-corrected chi connectivity index (χ3v) is 3.19. The lowest BCUT2D eigenvalue weighted by atomic mass is 10.2. The zero-order valence-corrected chi connectivity index (χ0v) is 13.3. The minimum atomic E-state index is 0.349. The Morgan fingerprint density at radius 2 is 2.05 bits per heavy atom. The van der Waals surface area contributed by atoms with Crippen molar-refractivity contribution in [2.75, 3.05) is 31.7 Å². The third-order valence-electron chi connectivity index (χ3n) is 3.19. The van der Waals surface area contributed by atoms with Gasteiger partial charge in [0.1, 0.15) is 0 Å². The van der Waals surface area contributed by atoms with Gasteiger partial charge >= 0.3 is 6.01 Å². The molecule has 1 N–H and O–H groups in total. The SMILES string of the molecule is CCC(C)N(CCOC)c1nnc(CNCC(C)C)o1. The number of hydrogen-bond acceptors (Lipinski definition) is 6. The van der Waals surface area contributed by atoms with Crippen molar-refractivity contribution in [1.82, 2.24) is 15.5 Å². The Hall–Kier alpha value is -1.14. The fourth-order valence-corrected chi connectivity index (χ4v) is 1.81. The highest BCUT2D eigenvalue weighted by Crippen LogP contribution is 2.16. The van der Waals surface area contributed by atoms with Crippen LogP contribution < -0.4 is 10.2 Å². The van der Waals surface area contributed by atoms with Crippen LogP contribution in [-0.2, 0) is 11.3 Å². The maximum absolute atomic E-state index is 5.73. The van der Waals surface area contributed by atoms with Crippen LogP contribution in [0.5, 0.6) is 0 Å². The van der Waals surface area contributed by atoms with Gasteiger partial charge in [0.2, 0.25) is 5.89 Å². The molecule has 0 aromatic carbocycles. The normalized spacial score (nSPS) is 12.9. The number of methoxy groups -OCH3 is 1. The first-order valence-electron chi connectivity index (χ1n) is 7.37. The highest BCUT2D eigenvalue weighted by molar-refractivity contribution is 5.25. The number of nitrogens with one attached hydrogen (secondary N) is 1. The van der Waals surface area contributed by atoms with Gasteiger partial charge in [0, 0.05) is 19.7 Å². The van der Waals surface area contributed by atoms with Gasteiger partial charge in [-0.3, -0.25) is 0 Å². The molecule has 0 saturated heterocycles. The van der Waals surface area contributed by atoms with E-state index in [2.05, 4.69) is 48.1 Å². The van der Waals surface area contributed by atoms with Crippen molar-refractivity contribution in [2.45, 2.75) is 46.7 Å². The molecule has 0 spiro atoms. The van der Waals surface area contributed by atoms with Crippen LogP contribution in [0.15, 0.2) is 4.42 Å². The van der Waals surface area contributed by atoms with Crippen LogP contribution >= 0.6 is 0 Å². The van der Waals surface area contributed by atoms with E-state index in [0.29, 0.717) is 37.0 Å². The molecule has 116 valence electrons. The molecule has 0 radical (unpaired) electrons. The maximum atomic E-state index is 5.73. The Balaban J connectivity index is 2.60. The van der Waals surface area contributed by atoms with Gasteiger partial charge < -0.3 is 19.4 Å². The zero-order valence-electron chi connectivity index (χ0n) is 13.3. The van der Waals surface area contributed by atoms with E-state index in [-0.39, 0.29) is 0 Å². The average molecular weight is 284 g/mol. The number of nitrogens with zero attached hydrogens (tertiary/aromatic N) is 3. The number of aromatic nitrogens is 2. The van der Waals surface area contributed by atoms with Gasteiger partial charge in [-0.2, -0.15) is 0 Å². The minimum absolute atomic E-state index is 0.349. The molecular formula is C14H28N4O2. The molecule has 20 heavy (non-hydrogen) atoms. The van der Waals surface area contributed by atoms with Crippen LogP contribution in [0.1, 0.15) is 40.0 Å². The van der Waals surface area contributed by atoms with Gasteiger partial charge in [0.25, 0.3) is 0 Å². The Morgan fingerprint density at radius 3 is 2.65 bits per heavy atom. The highest BCUT2D eigenvalue weighted by Gasteiger charge is 2.18. The van der Waals surface area contributed by atoms with Gasteiger partial charge in [-0.15, -0.1) is 5.10 Å². The largest absolute Gasteiger partial charge is 0.407 e. The second-order valence-corrected chi connectivity index (χ2v) is 5.45. The average Bonchev–Trinajstić information content (AvgIpc) is 2.87. The first-order chi connectivity index (χ1) is 9.58. The van der Waals surface area contributed by atoms with Gasteiger partial charge in [-0.25, -0.2) is 0 Å². The molecular weight excluding hydrogens is 256 g/mol. The van der Waals surface area contributed by atoms with Crippen LogP contribution in [0.25, 0.3) is 0 Å². The number of anilines is 1. The van der Waals surface area contributed by atoms with Crippen molar-refractivity contribution < 1.29 is 9.15 Å². The second-order valence-electron chi connectivity index (χ2n) is 5.45. The predicted octanol–water partition coefficient (Wildman–Crippen LogP) is 2.07. The van der Waals surface area contributed by atoms with E-state index in [0.717, 1.165) is 19.5 Å². The van der Waals surface area contributed by atoms with Crippen molar-refractivity contribution in [3.05, 3.63) is 5.89 Å². The van der Waals surface area contributed by atoms with Crippen molar-refractivity contribution in [3.63, 3.8) is 0 Å². The lowest BCUT2D eigenvalue weighted by Crippen LogP contribution is -2.35. The maximum Gasteiger partial charge on any atom is 0.318 e. The Morgan fingerprint density at radius 1 is 1.30 bits per heavy atom. The lowest BCUT2D eigenvalue weighted by molar-refractivity contribution is 0.201. The fraction of sp³-hybridized carbons (Fsp3) is 0.857. The van der Waals surface area contributed by atoms with Gasteiger partial charge in [-0.05, 0) is 25.8 Å². The van der Waals surface area contributed by atoms with E-state index in [1.165, 1.54) is 0 Å². The Kier molecular flexibility index (Phi) is 7.54. The summed E-state index contributed by atoms with van der Waals surface area (Å²) in [4.78, 5) is 2.10. The summed E-state index contributed by atoms with van der Waals surface area (Å²) in [5.41, 5.74) is 0. The summed E-state index contributed by atoms with van der Waals surface area (Å²) in [6.45, 7) is 11.6. The predicted molar refractivity (Wildman–Crippen MR) is 79.8 cm³/mol. The van der Waals surface area contributed by atoms with Crippen molar-refractivity contribution in [3.8, 4) is 0 Å². The van der Waals surface area contributed by atoms with E-state index < -0.39 is 0 Å². The second kappa shape index (κ2) is 8.92. The molecule has 6 heteroatoms. The minimum Gasteiger partial charge on any atom is -0.407 e. The Bertz CT molecular complexity index is 368. The summed E-state index contributed by atoms with van der Waals surface area (Å²) < 4.78 is 10.9. The number of hydrogen-bond donors (Lipinski definition) is 1. The van der Waals surface area contributed by atoms with Gasteiger partial charge in [0.05, 0.1) is 13.2 Å². The molecule has 1 aromatic heterocycles. The molecule has 0 aliphatic heterocycles. The molecule has 0 bridgehead atoms. The topological polar surface area (TPSA) is 63.4 Å². The molecule has 1 aromatic rings. The number of rotatable bonds is 10. The monoisotopic (exact) mass is 284 g/mol. The van der Waals surface area contributed by atoms with Crippen LogP contribution in [0.3, 0.4) is 0 Å². The van der Waals surface area contributed by atoms with Crippen molar-refractivity contribution in [2.24, 2.45) is 5.92 Å². The summed E-state index contributed by atoms with van der Waals surface area (Å²) in [7, 11) is 1.70. The fourth-order valence-electron chi connectivity index (χ4n) is 1.81. The molecule has 1 heterocycles. The summed E-state index contributed by atoms with van der Waals surface area (Å²) in [6, 6.07) is 0.930. The Labute approximate surface area is 121 Å². The van der Waals surface area contributed by atoms with E-state index in [1.807, 2.05) is 0 Å². The summed E-state index contributed by atoms with van der Waals surface area (Å²) in [6.07, 6.45) is 1.02. The smallest absolute Gasteiger partial charge is 0.318 e.